The fraction of sp³-hybridized carbons (Fsp3) is 0.111. The monoisotopic (exact) mass is 320 g/mol. The molecule has 1 N–H and O–H groups in total. The van der Waals surface area contributed by atoms with Crippen molar-refractivity contribution in [1.82, 2.24) is 14.8 Å². The van der Waals surface area contributed by atoms with Gasteiger partial charge in [0.1, 0.15) is 0 Å². The van der Waals surface area contributed by atoms with Crippen molar-refractivity contribution in [3.8, 4) is 11.1 Å². The lowest BCUT2D eigenvalue weighted by Gasteiger charge is -2.05. The topological polar surface area (TPSA) is 42.7 Å². The highest BCUT2D eigenvalue weighted by Gasteiger charge is 2.04. The Morgan fingerprint density at radius 1 is 1.09 bits per heavy atom. The van der Waals surface area contributed by atoms with Crippen LogP contribution in [-0.2, 0) is 13.6 Å². The molecule has 0 bridgehead atoms. The van der Waals surface area contributed by atoms with Gasteiger partial charge in [-0.05, 0) is 29.3 Å². The number of anilines is 1. The second kappa shape index (κ2) is 5.85. The van der Waals surface area contributed by atoms with E-state index in [0.717, 1.165) is 22.8 Å². The number of fused-ring (bicyclic) bond motifs is 1. The lowest BCUT2D eigenvalue weighted by Crippen LogP contribution is -1.98. The van der Waals surface area contributed by atoms with Gasteiger partial charge in [-0.1, -0.05) is 41.7 Å². The summed E-state index contributed by atoms with van der Waals surface area (Å²) >= 11 is 1.68. The van der Waals surface area contributed by atoms with Crippen LogP contribution < -0.4 is 5.32 Å². The molecule has 0 saturated carbocycles. The van der Waals surface area contributed by atoms with E-state index < -0.39 is 0 Å². The van der Waals surface area contributed by atoms with Gasteiger partial charge in [-0.25, -0.2) is 4.98 Å². The van der Waals surface area contributed by atoms with E-state index in [1.165, 1.54) is 15.8 Å². The Morgan fingerprint density at radius 3 is 2.83 bits per heavy atom. The summed E-state index contributed by atoms with van der Waals surface area (Å²) in [7, 11) is 1.93. The number of thiazole rings is 1. The summed E-state index contributed by atoms with van der Waals surface area (Å²) in [6.07, 6.45) is 3.92. The van der Waals surface area contributed by atoms with E-state index in [9.17, 15) is 0 Å². The van der Waals surface area contributed by atoms with Crippen molar-refractivity contribution in [2.75, 3.05) is 5.32 Å². The predicted octanol–water partition coefficient (Wildman–Crippen LogP) is 4.31. The van der Waals surface area contributed by atoms with Crippen LogP contribution in [0.25, 0.3) is 21.3 Å². The maximum atomic E-state index is 4.61. The Bertz CT molecular complexity index is 921. The van der Waals surface area contributed by atoms with Gasteiger partial charge in [0.25, 0.3) is 0 Å². The maximum absolute atomic E-state index is 4.61. The molecule has 2 aromatic carbocycles. The Kier molecular flexibility index (Phi) is 3.55. The average Bonchev–Trinajstić information content (AvgIpc) is 3.19. The third-order valence-corrected chi connectivity index (χ3v) is 4.70. The molecule has 0 radical (unpaired) electrons. The molecule has 2 aromatic heterocycles. The Labute approximate surface area is 138 Å². The fourth-order valence-electron chi connectivity index (χ4n) is 2.56. The predicted molar refractivity (Wildman–Crippen MR) is 95.6 cm³/mol. The van der Waals surface area contributed by atoms with Gasteiger partial charge in [-0.15, -0.1) is 0 Å². The molecule has 4 aromatic rings. The van der Waals surface area contributed by atoms with Crippen LogP contribution in [0, 0.1) is 0 Å². The van der Waals surface area contributed by atoms with Crippen LogP contribution in [0.2, 0.25) is 0 Å². The SMILES string of the molecule is Cn1cc(-c2cccc(CNc3nc4ccccc4s3)c2)cn1. The minimum absolute atomic E-state index is 0.758. The molecule has 114 valence electrons. The first-order valence-corrected chi connectivity index (χ1v) is 8.27. The zero-order valence-corrected chi connectivity index (χ0v) is 13.5. The van der Waals surface area contributed by atoms with E-state index in [1.54, 1.807) is 11.3 Å². The molecule has 0 fully saturated rings. The first-order valence-electron chi connectivity index (χ1n) is 7.45. The highest BCUT2D eigenvalue weighted by molar-refractivity contribution is 7.22. The molecule has 4 rings (SSSR count). The van der Waals surface area contributed by atoms with E-state index in [4.69, 9.17) is 0 Å². The van der Waals surface area contributed by atoms with Crippen molar-refractivity contribution in [2.45, 2.75) is 6.54 Å². The van der Waals surface area contributed by atoms with Crippen LogP contribution in [0.4, 0.5) is 5.13 Å². The molecule has 0 amide bonds. The largest absolute Gasteiger partial charge is 0.357 e. The summed E-state index contributed by atoms with van der Waals surface area (Å²) in [6, 6.07) is 16.7. The van der Waals surface area contributed by atoms with Gasteiger partial charge in [0.05, 0.1) is 16.4 Å². The highest BCUT2D eigenvalue weighted by Crippen LogP contribution is 2.26. The van der Waals surface area contributed by atoms with Crippen LogP contribution >= 0.6 is 11.3 Å². The third-order valence-electron chi connectivity index (χ3n) is 3.70. The molecule has 0 aliphatic heterocycles. The van der Waals surface area contributed by atoms with E-state index in [1.807, 2.05) is 42.3 Å². The van der Waals surface area contributed by atoms with Gasteiger partial charge in [-0.3, -0.25) is 4.68 Å². The lowest BCUT2D eigenvalue weighted by molar-refractivity contribution is 0.768. The molecule has 0 saturated heterocycles. The van der Waals surface area contributed by atoms with Gasteiger partial charge in [0, 0.05) is 25.4 Å². The standard InChI is InChI=1S/C18H16N4S/c1-22-12-15(11-20-22)14-6-4-5-13(9-14)10-19-18-21-16-7-2-3-8-17(16)23-18/h2-9,11-12H,10H2,1H3,(H,19,21). The van der Waals surface area contributed by atoms with Gasteiger partial charge in [0.15, 0.2) is 5.13 Å². The smallest absolute Gasteiger partial charge is 0.184 e. The van der Waals surface area contributed by atoms with Crippen LogP contribution in [0.3, 0.4) is 0 Å². The molecular weight excluding hydrogens is 304 g/mol. The summed E-state index contributed by atoms with van der Waals surface area (Å²) in [4.78, 5) is 4.61. The van der Waals surface area contributed by atoms with Crippen molar-refractivity contribution in [3.63, 3.8) is 0 Å². The number of hydrogen-bond donors (Lipinski definition) is 1. The lowest BCUT2D eigenvalue weighted by atomic mass is 10.1. The third kappa shape index (κ3) is 2.96. The number of para-hydroxylation sites is 1. The molecule has 0 atom stereocenters. The number of aryl methyl sites for hydroxylation is 1. The minimum Gasteiger partial charge on any atom is -0.357 e. The summed E-state index contributed by atoms with van der Waals surface area (Å²) in [5, 5.41) is 8.61. The van der Waals surface area contributed by atoms with E-state index >= 15 is 0 Å². The number of rotatable bonds is 4. The summed E-state index contributed by atoms with van der Waals surface area (Å²) < 4.78 is 3.03. The number of hydrogen-bond acceptors (Lipinski definition) is 4. The number of benzene rings is 2. The minimum atomic E-state index is 0.758. The van der Waals surface area contributed by atoms with E-state index in [-0.39, 0.29) is 0 Å². The molecular formula is C18H16N4S. The second-order valence-electron chi connectivity index (χ2n) is 5.44. The van der Waals surface area contributed by atoms with Crippen LogP contribution in [0.5, 0.6) is 0 Å². The molecule has 2 heterocycles. The van der Waals surface area contributed by atoms with E-state index in [2.05, 4.69) is 45.7 Å². The van der Waals surface area contributed by atoms with Crippen LogP contribution in [-0.4, -0.2) is 14.8 Å². The molecule has 0 spiro atoms. The number of nitrogens with zero attached hydrogens (tertiary/aromatic N) is 3. The molecule has 4 nitrogen and oxygen atoms in total. The average molecular weight is 320 g/mol. The Hall–Kier alpha value is -2.66. The molecule has 0 aliphatic carbocycles. The fourth-order valence-corrected chi connectivity index (χ4v) is 3.42. The molecule has 0 aliphatic rings. The molecule has 0 unspecified atom stereocenters. The number of aromatic nitrogens is 3. The Balaban J connectivity index is 1.52. The first-order chi connectivity index (χ1) is 11.3. The second-order valence-corrected chi connectivity index (χ2v) is 6.47. The van der Waals surface area contributed by atoms with Crippen molar-refractivity contribution in [2.24, 2.45) is 7.05 Å². The molecule has 5 heteroatoms. The maximum Gasteiger partial charge on any atom is 0.184 e. The van der Waals surface area contributed by atoms with Gasteiger partial charge in [0.2, 0.25) is 0 Å². The van der Waals surface area contributed by atoms with Crippen LogP contribution in [0.1, 0.15) is 5.56 Å². The normalized spacial score (nSPS) is 11.0. The number of nitrogens with one attached hydrogen (secondary N) is 1. The zero-order valence-electron chi connectivity index (χ0n) is 12.7. The van der Waals surface area contributed by atoms with Gasteiger partial charge >= 0.3 is 0 Å². The van der Waals surface area contributed by atoms with Gasteiger partial charge in [-0.2, -0.15) is 5.10 Å². The quantitative estimate of drug-likeness (QED) is 0.609. The summed E-state index contributed by atoms with van der Waals surface area (Å²) in [5.74, 6) is 0. The van der Waals surface area contributed by atoms with Gasteiger partial charge < -0.3 is 5.32 Å². The summed E-state index contributed by atoms with van der Waals surface area (Å²) in [6.45, 7) is 0.758. The zero-order chi connectivity index (χ0) is 15.6. The van der Waals surface area contributed by atoms with Crippen molar-refractivity contribution < 1.29 is 0 Å². The highest BCUT2D eigenvalue weighted by atomic mass is 32.1. The van der Waals surface area contributed by atoms with E-state index in [0.29, 0.717) is 0 Å². The first kappa shape index (κ1) is 14.0. The van der Waals surface area contributed by atoms with Crippen molar-refractivity contribution in [1.29, 1.82) is 0 Å². The van der Waals surface area contributed by atoms with Crippen molar-refractivity contribution >= 4 is 26.7 Å². The Morgan fingerprint density at radius 2 is 2.00 bits per heavy atom. The molecule has 23 heavy (non-hydrogen) atoms. The van der Waals surface area contributed by atoms with Crippen LogP contribution in [0.15, 0.2) is 60.9 Å². The van der Waals surface area contributed by atoms with Crippen molar-refractivity contribution in [3.05, 3.63) is 66.5 Å². The summed E-state index contributed by atoms with van der Waals surface area (Å²) in [5.41, 5.74) is 4.59.